The lowest BCUT2D eigenvalue weighted by Crippen LogP contribution is -2.38. The lowest BCUT2D eigenvalue weighted by molar-refractivity contribution is 0.0924. The molecule has 1 amide bonds. The van der Waals surface area contributed by atoms with E-state index in [0.29, 0.717) is 29.5 Å². The first kappa shape index (κ1) is 15.6. The van der Waals surface area contributed by atoms with Gasteiger partial charge < -0.3 is 15.2 Å². The third-order valence-electron chi connectivity index (χ3n) is 2.98. The van der Waals surface area contributed by atoms with E-state index >= 15 is 0 Å². The highest BCUT2D eigenvalue weighted by molar-refractivity contribution is 6.17. The number of carbonyl (C=O) groups excluding carboxylic acids is 1. The average Bonchev–Trinajstić information content (AvgIpc) is 2.37. The third-order valence-corrected chi connectivity index (χ3v) is 3.20. The van der Waals surface area contributed by atoms with Gasteiger partial charge in [0.25, 0.3) is 5.91 Å². The fraction of sp³-hybridized carbons (Fsp3) is 0.500. The van der Waals surface area contributed by atoms with Crippen LogP contribution in [0.2, 0.25) is 0 Å². The van der Waals surface area contributed by atoms with E-state index in [-0.39, 0.29) is 17.7 Å². The van der Waals surface area contributed by atoms with E-state index in [0.717, 1.165) is 0 Å². The number of hydrogen-bond acceptors (Lipinski definition) is 3. The second-order valence-corrected chi connectivity index (χ2v) is 5.07. The molecule has 2 N–H and O–H groups in total. The average molecular weight is 286 g/mol. The zero-order valence-electron chi connectivity index (χ0n) is 11.4. The zero-order chi connectivity index (χ0) is 14.4. The first-order valence-corrected chi connectivity index (χ1v) is 6.76. The number of ether oxygens (including phenoxy) is 1. The van der Waals surface area contributed by atoms with E-state index in [1.807, 2.05) is 13.8 Å². The first-order valence-electron chi connectivity index (χ1n) is 6.23. The van der Waals surface area contributed by atoms with Gasteiger partial charge in [0.2, 0.25) is 0 Å². The Morgan fingerprint density at radius 2 is 2.16 bits per heavy atom. The maximum absolute atomic E-state index is 12.1. The van der Waals surface area contributed by atoms with Gasteiger partial charge in [0.05, 0.1) is 7.11 Å². The summed E-state index contributed by atoms with van der Waals surface area (Å²) in [6.45, 7) is 4.06. The van der Waals surface area contributed by atoms with Gasteiger partial charge in [-0.15, -0.1) is 11.6 Å². The van der Waals surface area contributed by atoms with Crippen molar-refractivity contribution in [2.75, 3.05) is 13.0 Å². The van der Waals surface area contributed by atoms with Crippen molar-refractivity contribution in [1.29, 1.82) is 0 Å². The van der Waals surface area contributed by atoms with Crippen LogP contribution in [0, 0.1) is 5.92 Å². The van der Waals surface area contributed by atoms with Crippen molar-refractivity contribution in [2.24, 2.45) is 5.92 Å². The molecule has 4 nitrogen and oxygen atoms in total. The topological polar surface area (TPSA) is 58.6 Å². The summed E-state index contributed by atoms with van der Waals surface area (Å²) >= 11 is 5.73. The second-order valence-electron chi connectivity index (χ2n) is 4.69. The number of phenols is 1. The van der Waals surface area contributed by atoms with Gasteiger partial charge in [-0.3, -0.25) is 4.79 Å². The van der Waals surface area contributed by atoms with Gasteiger partial charge in [0.1, 0.15) is 0 Å². The molecule has 0 bridgehead atoms. The number of aromatic hydroxyl groups is 1. The third kappa shape index (κ3) is 4.31. The van der Waals surface area contributed by atoms with Crippen molar-refractivity contribution in [3.8, 4) is 11.5 Å². The van der Waals surface area contributed by atoms with E-state index in [9.17, 15) is 9.90 Å². The van der Waals surface area contributed by atoms with Crippen molar-refractivity contribution in [3.63, 3.8) is 0 Å². The molecule has 0 radical (unpaired) electrons. The van der Waals surface area contributed by atoms with Gasteiger partial charge in [-0.05, 0) is 30.5 Å². The number of hydrogen-bond donors (Lipinski definition) is 2. The number of carbonyl (C=O) groups is 1. The first-order chi connectivity index (χ1) is 8.99. The molecular formula is C14H20ClNO3. The maximum atomic E-state index is 12.1. The van der Waals surface area contributed by atoms with Gasteiger partial charge in [-0.25, -0.2) is 0 Å². The lowest BCUT2D eigenvalue weighted by Gasteiger charge is -2.21. The summed E-state index contributed by atoms with van der Waals surface area (Å²) in [5.74, 6) is 0.874. The molecule has 106 valence electrons. The molecule has 0 aromatic heterocycles. The van der Waals surface area contributed by atoms with Crippen molar-refractivity contribution < 1.29 is 14.6 Å². The van der Waals surface area contributed by atoms with Crippen molar-refractivity contribution in [1.82, 2.24) is 5.32 Å². The molecule has 0 aliphatic rings. The van der Waals surface area contributed by atoms with Gasteiger partial charge in [0, 0.05) is 17.5 Å². The quantitative estimate of drug-likeness (QED) is 0.790. The summed E-state index contributed by atoms with van der Waals surface area (Å²) in [7, 11) is 1.46. The van der Waals surface area contributed by atoms with E-state index in [2.05, 4.69) is 5.32 Å². The molecule has 1 atom stereocenters. The number of benzene rings is 1. The van der Waals surface area contributed by atoms with Crippen molar-refractivity contribution >= 4 is 17.5 Å². The van der Waals surface area contributed by atoms with Crippen LogP contribution in [-0.4, -0.2) is 30.0 Å². The summed E-state index contributed by atoms with van der Waals surface area (Å²) in [6.07, 6.45) is 0.715. The number of nitrogens with one attached hydrogen (secondary N) is 1. The smallest absolute Gasteiger partial charge is 0.251 e. The highest BCUT2D eigenvalue weighted by Gasteiger charge is 2.17. The summed E-state index contributed by atoms with van der Waals surface area (Å²) in [5, 5.41) is 12.6. The van der Waals surface area contributed by atoms with Crippen LogP contribution in [0.1, 0.15) is 30.6 Å². The fourth-order valence-corrected chi connectivity index (χ4v) is 2.01. The molecule has 0 aliphatic heterocycles. The van der Waals surface area contributed by atoms with Crippen LogP contribution in [0.5, 0.6) is 11.5 Å². The van der Waals surface area contributed by atoms with Crippen molar-refractivity contribution in [2.45, 2.75) is 26.3 Å². The monoisotopic (exact) mass is 285 g/mol. The van der Waals surface area contributed by atoms with Gasteiger partial charge in [0.15, 0.2) is 11.5 Å². The minimum atomic E-state index is -0.221. The minimum Gasteiger partial charge on any atom is -0.504 e. The summed E-state index contributed by atoms with van der Waals surface area (Å²) < 4.78 is 4.94. The highest BCUT2D eigenvalue weighted by Crippen LogP contribution is 2.26. The van der Waals surface area contributed by atoms with Gasteiger partial charge in [-0.1, -0.05) is 13.8 Å². The molecule has 0 heterocycles. The zero-order valence-corrected chi connectivity index (χ0v) is 12.2. The SMILES string of the molecule is COc1ccc(C(=O)NC(CCCl)C(C)C)cc1O. The van der Waals surface area contributed by atoms with Crippen LogP contribution in [0.15, 0.2) is 18.2 Å². The largest absolute Gasteiger partial charge is 0.504 e. The molecule has 19 heavy (non-hydrogen) atoms. The number of rotatable bonds is 6. The lowest BCUT2D eigenvalue weighted by atomic mass is 10.0. The Bertz CT molecular complexity index is 435. The van der Waals surface area contributed by atoms with E-state index in [1.165, 1.54) is 13.2 Å². The summed E-state index contributed by atoms with van der Waals surface area (Å²) in [6, 6.07) is 4.60. The van der Waals surface area contributed by atoms with Crippen LogP contribution in [0.3, 0.4) is 0 Å². The number of halogens is 1. The maximum Gasteiger partial charge on any atom is 0.251 e. The van der Waals surface area contributed by atoms with Gasteiger partial charge in [-0.2, -0.15) is 0 Å². The summed E-state index contributed by atoms with van der Waals surface area (Å²) in [5.41, 5.74) is 0.401. The normalized spacial score (nSPS) is 12.3. The van der Waals surface area contributed by atoms with E-state index in [4.69, 9.17) is 16.3 Å². The Morgan fingerprint density at radius 1 is 1.47 bits per heavy atom. The molecule has 1 unspecified atom stereocenters. The predicted octanol–water partition coefficient (Wildman–Crippen LogP) is 2.78. The molecule has 1 aromatic carbocycles. The summed E-state index contributed by atoms with van der Waals surface area (Å²) in [4.78, 5) is 12.1. The molecule has 0 fully saturated rings. The fourth-order valence-electron chi connectivity index (χ4n) is 1.77. The Hall–Kier alpha value is -1.42. The number of methoxy groups -OCH3 is 1. The molecule has 0 saturated heterocycles. The highest BCUT2D eigenvalue weighted by atomic mass is 35.5. The number of alkyl halides is 1. The van der Waals surface area contributed by atoms with Crippen molar-refractivity contribution in [3.05, 3.63) is 23.8 Å². The Kier molecular flexibility index (Phi) is 5.96. The molecule has 0 saturated carbocycles. The van der Waals surface area contributed by atoms with E-state index < -0.39 is 0 Å². The van der Waals surface area contributed by atoms with Crippen LogP contribution < -0.4 is 10.1 Å². The van der Waals surface area contributed by atoms with Crippen LogP contribution in [-0.2, 0) is 0 Å². The molecule has 1 aromatic rings. The van der Waals surface area contributed by atoms with Crippen LogP contribution in [0.25, 0.3) is 0 Å². The predicted molar refractivity (Wildman–Crippen MR) is 76.1 cm³/mol. The van der Waals surface area contributed by atoms with Crippen LogP contribution >= 0.6 is 11.6 Å². The standard InChI is InChI=1S/C14H20ClNO3/c1-9(2)11(6-7-15)16-14(18)10-4-5-13(19-3)12(17)8-10/h4-5,8-9,11,17H,6-7H2,1-3H3,(H,16,18). The van der Waals surface area contributed by atoms with Crippen LogP contribution in [0.4, 0.5) is 0 Å². The molecule has 5 heteroatoms. The second kappa shape index (κ2) is 7.24. The number of amides is 1. The Balaban J connectivity index is 2.79. The minimum absolute atomic E-state index is 0.0224. The Morgan fingerprint density at radius 3 is 2.63 bits per heavy atom. The molecule has 1 rings (SSSR count). The molecule has 0 spiro atoms. The Labute approximate surface area is 118 Å². The van der Waals surface area contributed by atoms with E-state index in [1.54, 1.807) is 12.1 Å². The number of phenolic OH excluding ortho intramolecular Hbond substituents is 1. The van der Waals surface area contributed by atoms with Gasteiger partial charge >= 0.3 is 0 Å². The molecular weight excluding hydrogens is 266 g/mol. The molecule has 0 aliphatic carbocycles.